The highest BCUT2D eigenvalue weighted by Gasteiger charge is 2.08. The van der Waals surface area contributed by atoms with Crippen molar-refractivity contribution in [3.63, 3.8) is 0 Å². The molecule has 2 rings (SSSR count). The monoisotopic (exact) mass is 226 g/mol. The summed E-state index contributed by atoms with van der Waals surface area (Å²) in [4.78, 5) is 3.85. The van der Waals surface area contributed by atoms with E-state index in [1.807, 2.05) is 36.4 Å². The van der Waals surface area contributed by atoms with Gasteiger partial charge in [-0.2, -0.15) is 9.94 Å². The summed E-state index contributed by atoms with van der Waals surface area (Å²) in [6, 6.07) is 11.3. The van der Waals surface area contributed by atoms with Gasteiger partial charge in [0.25, 0.3) is 0 Å². The maximum atomic E-state index is 8.36. The van der Waals surface area contributed by atoms with Crippen molar-refractivity contribution in [3.8, 4) is 11.8 Å². The van der Waals surface area contributed by atoms with E-state index in [0.717, 1.165) is 5.69 Å². The molecule has 0 saturated heterocycles. The Balaban J connectivity index is 2.31. The van der Waals surface area contributed by atoms with Gasteiger partial charge in [-0.25, -0.2) is 0 Å². The highest BCUT2D eigenvalue weighted by atomic mass is 15.5. The van der Waals surface area contributed by atoms with Crippen LogP contribution >= 0.6 is 0 Å². The van der Waals surface area contributed by atoms with Crippen LogP contribution in [0.25, 0.3) is 5.69 Å². The third-order valence-electron chi connectivity index (χ3n) is 2.11. The maximum absolute atomic E-state index is 8.36. The zero-order valence-electron chi connectivity index (χ0n) is 8.98. The Hall–Kier alpha value is -2.68. The summed E-state index contributed by atoms with van der Waals surface area (Å²) in [5, 5.41) is 16.2. The van der Waals surface area contributed by atoms with E-state index in [1.54, 1.807) is 0 Å². The molecule has 1 aromatic heterocycles. The first kappa shape index (κ1) is 10.8. The molecule has 0 spiro atoms. The van der Waals surface area contributed by atoms with Crippen LogP contribution in [0.1, 0.15) is 5.69 Å². The zero-order chi connectivity index (χ0) is 12.1. The molecule has 0 aliphatic carbocycles. The van der Waals surface area contributed by atoms with Gasteiger partial charge in [-0.1, -0.05) is 23.4 Å². The molecule has 1 aromatic carbocycles. The Bertz CT molecular complexity index is 563. The van der Waals surface area contributed by atoms with E-state index in [-0.39, 0.29) is 6.54 Å². The number of hydrogen-bond acceptors (Lipinski definition) is 5. The zero-order valence-corrected chi connectivity index (χ0v) is 8.98. The molecule has 0 aliphatic rings. The van der Waals surface area contributed by atoms with Gasteiger partial charge >= 0.3 is 0 Å². The fraction of sp³-hybridized carbons (Fsp3) is 0.0909. The molecule has 0 fully saturated rings. The minimum atomic E-state index is 0.0810. The second-order valence-corrected chi connectivity index (χ2v) is 3.24. The number of para-hydroxylation sites is 1. The SMILES string of the molecule is N#CCN=Cc1nnn(-c2ccccc2)c1N. The largest absolute Gasteiger partial charge is 0.382 e. The van der Waals surface area contributed by atoms with Crippen molar-refractivity contribution in [1.82, 2.24) is 15.0 Å². The van der Waals surface area contributed by atoms with E-state index < -0.39 is 0 Å². The Kier molecular flexibility index (Phi) is 3.12. The number of anilines is 1. The Morgan fingerprint density at radius 2 is 2.18 bits per heavy atom. The minimum absolute atomic E-state index is 0.0810. The number of nitrogens with zero attached hydrogens (tertiary/aromatic N) is 5. The fourth-order valence-electron chi connectivity index (χ4n) is 1.33. The molecule has 0 unspecified atom stereocenters. The lowest BCUT2D eigenvalue weighted by Gasteiger charge is -2.01. The van der Waals surface area contributed by atoms with Gasteiger partial charge in [0.1, 0.15) is 12.2 Å². The molecule has 2 N–H and O–H groups in total. The lowest BCUT2D eigenvalue weighted by Crippen LogP contribution is -2.02. The van der Waals surface area contributed by atoms with Crippen LogP contribution in [0.4, 0.5) is 5.82 Å². The summed E-state index contributed by atoms with van der Waals surface area (Å²) >= 11 is 0. The summed E-state index contributed by atoms with van der Waals surface area (Å²) < 4.78 is 1.52. The smallest absolute Gasteiger partial charge is 0.156 e. The Morgan fingerprint density at radius 1 is 1.41 bits per heavy atom. The first-order valence-electron chi connectivity index (χ1n) is 4.96. The highest BCUT2D eigenvalue weighted by molar-refractivity contribution is 5.83. The quantitative estimate of drug-likeness (QED) is 0.618. The van der Waals surface area contributed by atoms with Crippen molar-refractivity contribution in [2.24, 2.45) is 4.99 Å². The molecule has 2 aromatic rings. The van der Waals surface area contributed by atoms with E-state index in [1.165, 1.54) is 10.9 Å². The average molecular weight is 226 g/mol. The molecule has 0 bridgehead atoms. The van der Waals surface area contributed by atoms with E-state index in [4.69, 9.17) is 11.0 Å². The second-order valence-electron chi connectivity index (χ2n) is 3.24. The molecular formula is C11H10N6. The lowest BCUT2D eigenvalue weighted by molar-refractivity contribution is 0.809. The first-order valence-corrected chi connectivity index (χ1v) is 4.96. The van der Waals surface area contributed by atoms with E-state index in [9.17, 15) is 0 Å². The summed E-state index contributed by atoms with van der Waals surface area (Å²) in [7, 11) is 0. The summed E-state index contributed by atoms with van der Waals surface area (Å²) in [6.07, 6.45) is 1.45. The number of aliphatic imine (C=N–C) groups is 1. The fourth-order valence-corrected chi connectivity index (χ4v) is 1.33. The molecule has 0 aliphatic heterocycles. The standard InChI is InChI=1S/C11H10N6/c12-6-7-14-8-10-11(13)17(16-15-10)9-4-2-1-3-5-9/h1-5,8H,7,13H2. The summed E-state index contributed by atoms with van der Waals surface area (Å²) in [5.41, 5.74) is 7.17. The molecule has 6 nitrogen and oxygen atoms in total. The van der Waals surface area contributed by atoms with Crippen molar-refractivity contribution < 1.29 is 0 Å². The van der Waals surface area contributed by atoms with Crippen molar-refractivity contribution in [2.45, 2.75) is 0 Å². The van der Waals surface area contributed by atoms with Gasteiger partial charge in [-0.05, 0) is 12.1 Å². The van der Waals surface area contributed by atoms with Crippen molar-refractivity contribution >= 4 is 12.0 Å². The number of hydrogen-bond donors (Lipinski definition) is 1. The Labute approximate surface area is 98.0 Å². The molecule has 84 valence electrons. The number of nitrogen functional groups attached to an aromatic ring is 1. The molecule has 1 heterocycles. The first-order chi connectivity index (χ1) is 8.33. The number of nitriles is 1. The molecule has 17 heavy (non-hydrogen) atoms. The molecule has 0 atom stereocenters. The van der Waals surface area contributed by atoms with Crippen LogP contribution in [0.3, 0.4) is 0 Å². The number of aromatic nitrogens is 3. The van der Waals surface area contributed by atoms with E-state index >= 15 is 0 Å². The van der Waals surface area contributed by atoms with Crippen LogP contribution in [-0.4, -0.2) is 27.8 Å². The van der Waals surface area contributed by atoms with E-state index in [2.05, 4.69) is 15.3 Å². The molecular weight excluding hydrogens is 216 g/mol. The van der Waals surface area contributed by atoms with Crippen LogP contribution in [0.2, 0.25) is 0 Å². The second kappa shape index (κ2) is 4.90. The van der Waals surface area contributed by atoms with Gasteiger partial charge in [0.2, 0.25) is 0 Å². The van der Waals surface area contributed by atoms with Crippen LogP contribution in [0.5, 0.6) is 0 Å². The van der Waals surface area contributed by atoms with E-state index in [0.29, 0.717) is 11.5 Å². The molecule has 6 heteroatoms. The number of benzene rings is 1. The highest BCUT2D eigenvalue weighted by Crippen LogP contribution is 2.12. The van der Waals surface area contributed by atoms with Gasteiger partial charge in [0.15, 0.2) is 5.82 Å². The topological polar surface area (TPSA) is 92.9 Å². The molecule has 0 saturated carbocycles. The Morgan fingerprint density at radius 3 is 2.88 bits per heavy atom. The number of rotatable bonds is 3. The van der Waals surface area contributed by atoms with Crippen molar-refractivity contribution in [1.29, 1.82) is 5.26 Å². The van der Waals surface area contributed by atoms with Crippen LogP contribution in [0, 0.1) is 11.3 Å². The van der Waals surface area contributed by atoms with Crippen molar-refractivity contribution in [2.75, 3.05) is 12.3 Å². The third-order valence-corrected chi connectivity index (χ3v) is 2.11. The van der Waals surface area contributed by atoms with Gasteiger partial charge in [0.05, 0.1) is 18.0 Å². The van der Waals surface area contributed by atoms with Gasteiger partial charge in [-0.3, -0.25) is 4.99 Å². The average Bonchev–Trinajstić information content (AvgIpc) is 2.73. The lowest BCUT2D eigenvalue weighted by atomic mass is 10.3. The summed E-state index contributed by atoms with van der Waals surface area (Å²) in [5.74, 6) is 0.401. The summed E-state index contributed by atoms with van der Waals surface area (Å²) in [6.45, 7) is 0.0810. The third kappa shape index (κ3) is 2.29. The predicted octanol–water partition coefficient (Wildman–Crippen LogP) is 0.792. The minimum Gasteiger partial charge on any atom is -0.382 e. The molecule has 0 radical (unpaired) electrons. The maximum Gasteiger partial charge on any atom is 0.156 e. The number of nitrogens with two attached hydrogens (primary N) is 1. The van der Waals surface area contributed by atoms with Crippen LogP contribution in [0.15, 0.2) is 35.3 Å². The van der Waals surface area contributed by atoms with Crippen LogP contribution < -0.4 is 5.73 Å². The van der Waals surface area contributed by atoms with Gasteiger partial charge < -0.3 is 5.73 Å². The van der Waals surface area contributed by atoms with Crippen molar-refractivity contribution in [3.05, 3.63) is 36.0 Å². The van der Waals surface area contributed by atoms with Gasteiger partial charge in [0, 0.05) is 0 Å². The molecule has 0 amide bonds. The van der Waals surface area contributed by atoms with Crippen LogP contribution in [-0.2, 0) is 0 Å². The normalized spacial score (nSPS) is 10.5. The van der Waals surface area contributed by atoms with Gasteiger partial charge in [-0.15, -0.1) is 5.10 Å². The predicted molar refractivity (Wildman–Crippen MR) is 63.8 cm³/mol.